The van der Waals surface area contributed by atoms with Gasteiger partial charge >= 0.3 is 0 Å². The lowest BCUT2D eigenvalue weighted by Gasteiger charge is -2.10. The maximum absolute atomic E-state index is 12.1. The number of carbonyl (C=O) groups excluding carboxylic acids is 1. The number of carbonyl (C=O) groups is 1. The molecule has 1 N–H and O–H groups in total. The van der Waals surface area contributed by atoms with Crippen LogP contribution in [0.3, 0.4) is 0 Å². The van der Waals surface area contributed by atoms with Crippen LogP contribution >= 0.6 is 0 Å². The third-order valence-corrected chi connectivity index (χ3v) is 3.51. The average Bonchev–Trinajstić information content (AvgIpc) is 2.89. The average molecular weight is 318 g/mol. The first-order chi connectivity index (χ1) is 11.0. The van der Waals surface area contributed by atoms with Crippen LogP contribution in [0.4, 0.5) is 0 Å². The number of hydrogen-bond donors (Lipinski definition) is 1. The smallest absolute Gasteiger partial charge is 0.273 e. The molecule has 6 heteroatoms. The summed E-state index contributed by atoms with van der Waals surface area (Å²) in [5.41, 5.74) is 3.06. The van der Waals surface area contributed by atoms with Gasteiger partial charge in [0, 0.05) is 13.7 Å². The third-order valence-electron chi connectivity index (χ3n) is 3.51. The Hall–Kier alpha value is -2.34. The molecule has 0 atom stereocenters. The Morgan fingerprint density at radius 1 is 1.30 bits per heavy atom. The van der Waals surface area contributed by atoms with Gasteiger partial charge in [0.15, 0.2) is 5.69 Å². The maximum Gasteiger partial charge on any atom is 0.273 e. The predicted octanol–water partition coefficient (Wildman–Crippen LogP) is 2.56. The van der Waals surface area contributed by atoms with E-state index in [-0.39, 0.29) is 18.2 Å². The van der Waals surface area contributed by atoms with Crippen LogP contribution in [0.5, 0.6) is 5.75 Å². The number of hydrogen-bond acceptors (Lipinski definition) is 5. The van der Waals surface area contributed by atoms with Crippen molar-refractivity contribution in [3.63, 3.8) is 0 Å². The molecule has 0 saturated heterocycles. The van der Waals surface area contributed by atoms with Crippen LogP contribution in [-0.2, 0) is 11.3 Å². The molecular weight excluding hydrogens is 296 g/mol. The monoisotopic (exact) mass is 318 g/mol. The molecule has 1 heterocycles. The van der Waals surface area contributed by atoms with Crippen LogP contribution in [0.25, 0.3) is 0 Å². The van der Waals surface area contributed by atoms with E-state index in [1.54, 1.807) is 14.0 Å². The topological polar surface area (TPSA) is 73.6 Å². The SMILES string of the molecule is COCCNC(=O)c1noc(C)c1COc1cc(C)ccc1C. The molecule has 2 aromatic rings. The summed E-state index contributed by atoms with van der Waals surface area (Å²) in [4.78, 5) is 12.1. The van der Waals surface area contributed by atoms with Crippen LogP contribution in [0.15, 0.2) is 22.7 Å². The summed E-state index contributed by atoms with van der Waals surface area (Å²) >= 11 is 0. The quantitative estimate of drug-likeness (QED) is 0.794. The van der Waals surface area contributed by atoms with Gasteiger partial charge < -0.3 is 19.3 Å². The van der Waals surface area contributed by atoms with Gasteiger partial charge in [0.1, 0.15) is 18.1 Å². The van der Waals surface area contributed by atoms with Gasteiger partial charge in [-0.25, -0.2) is 0 Å². The van der Waals surface area contributed by atoms with E-state index in [0.29, 0.717) is 24.5 Å². The second-order valence-corrected chi connectivity index (χ2v) is 5.37. The Labute approximate surface area is 135 Å². The van der Waals surface area contributed by atoms with E-state index in [9.17, 15) is 4.79 Å². The number of benzene rings is 1. The van der Waals surface area contributed by atoms with Crippen molar-refractivity contribution >= 4 is 5.91 Å². The Bertz CT molecular complexity index is 679. The first kappa shape index (κ1) is 17.0. The first-order valence-corrected chi connectivity index (χ1v) is 7.45. The van der Waals surface area contributed by atoms with Gasteiger partial charge in [-0.3, -0.25) is 4.79 Å². The van der Waals surface area contributed by atoms with Crippen LogP contribution in [-0.4, -0.2) is 31.3 Å². The Morgan fingerprint density at radius 2 is 2.09 bits per heavy atom. The molecule has 0 saturated carbocycles. The molecule has 0 fully saturated rings. The largest absolute Gasteiger partial charge is 0.488 e. The normalized spacial score (nSPS) is 10.6. The van der Waals surface area contributed by atoms with E-state index >= 15 is 0 Å². The Morgan fingerprint density at radius 3 is 2.83 bits per heavy atom. The zero-order valence-corrected chi connectivity index (χ0v) is 13.9. The number of methoxy groups -OCH3 is 1. The lowest BCUT2D eigenvalue weighted by molar-refractivity contribution is 0.0926. The summed E-state index contributed by atoms with van der Waals surface area (Å²) in [6.07, 6.45) is 0. The fraction of sp³-hybridized carbons (Fsp3) is 0.412. The van der Waals surface area contributed by atoms with E-state index in [1.807, 2.05) is 32.0 Å². The summed E-state index contributed by atoms with van der Waals surface area (Å²) in [6.45, 7) is 6.84. The Balaban J connectivity index is 2.09. The van der Waals surface area contributed by atoms with Gasteiger partial charge in [0.25, 0.3) is 5.91 Å². The van der Waals surface area contributed by atoms with Crippen LogP contribution < -0.4 is 10.1 Å². The van der Waals surface area contributed by atoms with Gasteiger partial charge in [-0.15, -0.1) is 0 Å². The standard InChI is InChI=1S/C17H22N2O4/c1-11-5-6-12(2)15(9-11)22-10-14-13(3)23-19-16(14)17(20)18-7-8-21-4/h5-6,9H,7-8,10H2,1-4H3,(H,18,20). The molecule has 1 amide bonds. The minimum atomic E-state index is -0.293. The lowest BCUT2D eigenvalue weighted by Crippen LogP contribution is -2.28. The van der Waals surface area contributed by atoms with E-state index < -0.39 is 0 Å². The molecule has 0 spiro atoms. The number of nitrogens with one attached hydrogen (secondary N) is 1. The Kier molecular flexibility index (Phi) is 5.76. The summed E-state index contributed by atoms with van der Waals surface area (Å²) < 4.78 is 15.9. The molecular formula is C17H22N2O4. The maximum atomic E-state index is 12.1. The van der Waals surface area contributed by atoms with Gasteiger partial charge in [-0.05, 0) is 38.0 Å². The first-order valence-electron chi connectivity index (χ1n) is 7.45. The predicted molar refractivity (Wildman–Crippen MR) is 85.7 cm³/mol. The van der Waals surface area contributed by atoms with E-state index in [4.69, 9.17) is 14.0 Å². The van der Waals surface area contributed by atoms with Crippen LogP contribution in [0.2, 0.25) is 0 Å². The summed E-state index contributed by atoms with van der Waals surface area (Å²) in [6, 6.07) is 6.00. The molecule has 1 aromatic carbocycles. The second kappa shape index (κ2) is 7.78. The molecule has 2 rings (SSSR count). The highest BCUT2D eigenvalue weighted by Crippen LogP contribution is 2.22. The molecule has 0 aliphatic heterocycles. The molecule has 0 bridgehead atoms. The van der Waals surface area contributed by atoms with Crippen molar-refractivity contribution in [3.05, 3.63) is 46.3 Å². The molecule has 0 aliphatic carbocycles. The molecule has 0 radical (unpaired) electrons. The summed E-state index contributed by atoms with van der Waals surface area (Å²) in [5.74, 6) is 1.07. The van der Waals surface area contributed by atoms with E-state index in [1.165, 1.54) is 0 Å². The van der Waals surface area contributed by atoms with Crippen LogP contribution in [0.1, 0.15) is 32.9 Å². The highest BCUT2D eigenvalue weighted by Gasteiger charge is 2.20. The highest BCUT2D eigenvalue weighted by atomic mass is 16.5. The fourth-order valence-electron chi connectivity index (χ4n) is 2.10. The van der Waals surface area contributed by atoms with Crippen LogP contribution in [0, 0.1) is 20.8 Å². The summed E-state index contributed by atoms with van der Waals surface area (Å²) in [5, 5.41) is 6.57. The van der Waals surface area contributed by atoms with E-state index in [2.05, 4.69) is 10.5 Å². The van der Waals surface area contributed by atoms with Gasteiger partial charge in [-0.1, -0.05) is 17.3 Å². The third kappa shape index (κ3) is 4.32. The van der Waals surface area contributed by atoms with Crippen molar-refractivity contribution in [2.24, 2.45) is 0 Å². The molecule has 124 valence electrons. The summed E-state index contributed by atoms with van der Waals surface area (Å²) in [7, 11) is 1.58. The zero-order valence-electron chi connectivity index (χ0n) is 13.9. The highest BCUT2D eigenvalue weighted by molar-refractivity contribution is 5.93. The molecule has 1 aromatic heterocycles. The van der Waals surface area contributed by atoms with Crippen molar-refractivity contribution in [1.29, 1.82) is 0 Å². The molecule has 23 heavy (non-hydrogen) atoms. The number of aryl methyl sites for hydroxylation is 3. The van der Waals surface area contributed by atoms with Crippen molar-refractivity contribution < 1.29 is 18.8 Å². The fourth-order valence-corrected chi connectivity index (χ4v) is 2.10. The van der Waals surface area contributed by atoms with Crippen molar-refractivity contribution in [2.45, 2.75) is 27.4 Å². The van der Waals surface area contributed by atoms with Gasteiger partial charge in [-0.2, -0.15) is 0 Å². The minimum absolute atomic E-state index is 0.229. The van der Waals surface area contributed by atoms with Gasteiger partial charge in [0.2, 0.25) is 0 Å². The lowest BCUT2D eigenvalue weighted by atomic mass is 10.1. The van der Waals surface area contributed by atoms with E-state index in [0.717, 1.165) is 16.9 Å². The number of aromatic nitrogens is 1. The van der Waals surface area contributed by atoms with Gasteiger partial charge in [0.05, 0.1) is 12.2 Å². The van der Waals surface area contributed by atoms with Crippen molar-refractivity contribution in [2.75, 3.05) is 20.3 Å². The van der Waals surface area contributed by atoms with Crippen molar-refractivity contribution in [3.8, 4) is 5.75 Å². The minimum Gasteiger partial charge on any atom is -0.488 e. The number of amides is 1. The number of rotatable bonds is 7. The molecule has 0 unspecified atom stereocenters. The second-order valence-electron chi connectivity index (χ2n) is 5.37. The number of nitrogens with zero attached hydrogens (tertiary/aromatic N) is 1. The number of ether oxygens (including phenoxy) is 2. The zero-order chi connectivity index (χ0) is 16.8. The molecule has 6 nitrogen and oxygen atoms in total. The van der Waals surface area contributed by atoms with Crippen molar-refractivity contribution in [1.82, 2.24) is 10.5 Å². The molecule has 0 aliphatic rings.